The normalized spacial score (nSPS) is 10.7. The fraction of sp³-hybridized carbons (Fsp3) is 0.382. The van der Waals surface area contributed by atoms with Crippen molar-refractivity contribution in [2.45, 2.75) is 77.6 Å². The van der Waals surface area contributed by atoms with Crippen molar-refractivity contribution in [2.24, 2.45) is 0 Å². The Bertz CT molecular complexity index is 1050. The maximum atomic E-state index is 12.6. The summed E-state index contributed by atoms with van der Waals surface area (Å²) in [7, 11) is 0. The van der Waals surface area contributed by atoms with Crippen LogP contribution >= 0.6 is 0 Å². The van der Waals surface area contributed by atoms with Crippen LogP contribution in [0.2, 0.25) is 0 Å². The molecule has 0 atom stereocenters. The number of carbonyl (C=O) groups excluding carboxylic acids is 1. The molecular formula is C34H42O3. The zero-order chi connectivity index (χ0) is 26.1. The second kappa shape index (κ2) is 16.4. The van der Waals surface area contributed by atoms with Gasteiger partial charge in [0, 0.05) is 0 Å². The summed E-state index contributed by atoms with van der Waals surface area (Å²) in [6.45, 7) is 6.69. The minimum absolute atomic E-state index is 0.363. The number of unbranched alkanes of at least 4 members (excludes halogenated alkanes) is 8. The monoisotopic (exact) mass is 498 g/mol. The predicted molar refractivity (Wildman–Crippen MR) is 155 cm³/mol. The number of aryl methyl sites for hydroxylation is 1. The van der Waals surface area contributed by atoms with Gasteiger partial charge < -0.3 is 9.47 Å². The van der Waals surface area contributed by atoms with E-state index in [9.17, 15) is 4.79 Å². The predicted octanol–water partition coefficient (Wildman–Crippen LogP) is 9.60. The third-order valence-electron chi connectivity index (χ3n) is 6.58. The van der Waals surface area contributed by atoms with E-state index in [2.05, 4.69) is 37.8 Å². The number of allylic oxidation sites excluding steroid dienone is 1. The van der Waals surface area contributed by atoms with Gasteiger partial charge >= 0.3 is 5.97 Å². The van der Waals surface area contributed by atoms with Gasteiger partial charge in [0.1, 0.15) is 11.5 Å². The summed E-state index contributed by atoms with van der Waals surface area (Å²) >= 11 is 0. The van der Waals surface area contributed by atoms with Crippen molar-refractivity contribution >= 4 is 5.97 Å². The van der Waals surface area contributed by atoms with Crippen LogP contribution in [0.25, 0.3) is 11.1 Å². The van der Waals surface area contributed by atoms with Crippen molar-refractivity contribution in [3.63, 3.8) is 0 Å². The second-order valence-electron chi connectivity index (χ2n) is 9.64. The van der Waals surface area contributed by atoms with Gasteiger partial charge in [0.05, 0.1) is 12.2 Å². The molecular weight excluding hydrogens is 456 g/mol. The van der Waals surface area contributed by atoms with Gasteiger partial charge in [0.15, 0.2) is 0 Å². The van der Waals surface area contributed by atoms with Gasteiger partial charge in [-0.2, -0.15) is 0 Å². The van der Waals surface area contributed by atoms with Gasteiger partial charge in [0.2, 0.25) is 0 Å². The van der Waals surface area contributed by atoms with E-state index in [1.807, 2.05) is 42.5 Å². The molecule has 0 spiro atoms. The summed E-state index contributed by atoms with van der Waals surface area (Å²) in [5.74, 6) is 0.937. The van der Waals surface area contributed by atoms with Crippen LogP contribution in [0.15, 0.2) is 85.5 Å². The van der Waals surface area contributed by atoms with E-state index in [4.69, 9.17) is 9.47 Å². The highest BCUT2D eigenvalue weighted by atomic mass is 16.5. The maximum absolute atomic E-state index is 12.6. The Balaban J connectivity index is 1.43. The summed E-state index contributed by atoms with van der Waals surface area (Å²) in [5.41, 5.74) is 4.16. The summed E-state index contributed by atoms with van der Waals surface area (Å²) in [5, 5.41) is 0. The largest absolute Gasteiger partial charge is 0.494 e. The molecule has 0 amide bonds. The second-order valence-corrected chi connectivity index (χ2v) is 9.64. The molecule has 3 aromatic carbocycles. The lowest BCUT2D eigenvalue weighted by molar-refractivity contribution is 0.0734. The van der Waals surface area contributed by atoms with Gasteiger partial charge in [-0.15, -0.1) is 6.58 Å². The lowest BCUT2D eigenvalue weighted by atomic mass is 10.00. The van der Waals surface area contributed by atoms with Crippen LogP contribution in [-0.4, -0.2) is 12.6 Å². The molecule has 0 aliphatic rings. The van der Waals surface area contributed by atoms with Crippen LogP contribution in [0.5, 0.6) is 11.5 Å². The Labute approximate surface area is 223 Å². The molecule has 0 aliphatic carbocycles. The standard InChI is InChI=1S/C34H42O3/c1-3-5-7-9-11-13-27-36-32-23-25-33(26-24-32)37-34(35)31-21-19-30(20-22-31)29-17-15-28(16-18-29)14-12-10-8-6-4-2/h3,15-26H,1,4-14,27H2,2H3. The molecule has 0 radical (unpaired) electrons. The summed E-state index contributed by atoms with van der Waals surface area (Å²) in [4.78, 5) is 12.6. The third-order valence-corrected chi connectivity index (χ3v) is 6.58. The van der Waals surface area contributed by atoms with Crippen molar-refractivity contribution in [1.82, 2.24) is 0 Å². The summed E-state index contributed by atoms with van der Waals surface area (Å²) in [6, 6.07) is 23.6. The molecule has 0 unspecified atom stereocenters. The number of carbonyl (C=O) groups is 1. The first kappa shape index (κ1) is 28.2. The smallest absolute Gasteiger partial charge is 0.343 e. The van der Waals surface area contributed by atoms with Crippen molar-refractivity contribution in [2.75, 3.05) is 6.61 Å². The average molecular weight is 499 g/mol. The van der Waals surface area contributed by atoms with Crippen LogP contribution in [-0.2, 0) is 6.42 Å². The van der Waals surface area contributed by atoms with Gasteiger partial charge in [0.25, 0.3) is 0 Å². The van der Waals surface area contributed by atoms with E-state index < -0.39 is 0 Å². The average Bonchev–Trinajstić information content (AvgIpc) is 2.94. The molecule has 3 nitrogen and oxygen atoms in total. The number of benzene rings is 3. The number of ether oxygens (including phenoxy) is 2. The first-order chi connectivity index (χ1) is 18.2. The van der Waals surface area contributed by atoms with Crippen molar-refractivity contribution in [1.29, 1.82) is 0 Å². The van der Waals surface area contributed by atoms with E-state index in [1.165, 1.54) is 50.5 Å². The number of esters is 1. The highest BCUT2D eigenvalue weighted by Gasteiger charge is 2.09. The van der Waals surface area contributed by atoms with Crippen LogP contribution in [0, 0.1) is 0 Å². The Hall–Kier alpha value is -3.33. The molecule has 0 aromatic heterocycles. The fourth-order valence-corrected chi connectivity index (χ4v) is 4.30. The Morgan fingerprint density at radius 3 is 1.97 bits per heavy atom. The molecule has 3 heteroatoms. The van der Waals surface area contributed by atoms with Crippen molar-refractivity contribution in [3.8, 4) is 22.6 Å². The molecule has 0 saturated carbocycles. The Kier molecular flexibility index (Phi) is 12.5. The van der Waals surface area contributed by atoms with Crippen LogP contribution < -0.4 is 9.47 Å². The van der Waals surface area contributed by atoms with Gasteiger partial charge in [-0.05, 0) is 85.2 Å². The first-order valence-corrected chi connectivity index (χ1v) is 13.9. The Morgan fingerprint density at radius 1 is 0.703 bits per heavy atom. The number of hydrogen-bond donors (Lipinski definition) is 0. The minimum Gasteiger partial charge on any atom is -0.494 e. The molecule has 0 bridgehead atoms. The number of rotatable bonds is 17. The van der Waals surface area contributed by atoms with Crippen molar-refractivity contribution < 1.29 is 14.3 Å². The molecule has 0 fully saturated rings. The minimum atomic E-state index is -0.363. The number of hydrogen-bond acceptors (Lipinski definition) is 3. The van der Waals surface area contributed by atoms with Crippen LogP contribution in [0.1, 0.15) is 87.1 Å². The lowest BCUT2D eigenvalue weighted by Crippen LogP contribution is -2.08. The first-order valence-electron chi connectivity index (χ1n) is 13.9. The lowest BCUT2D eigenvalue weighted by Gasteiger charge is -2.09. The third kappa shape index (κ3) is 10.3. The molecule has 0 aliphatic heterocycles. The van der Waals surface area contributed by atoms with E-state index in [0.717, 1.165) is 42.6 Å². The zero-order valence-electron chi connectivity index (χ0n) is 22.4. The van der Waals surface area contributed by atoms with Gasteiger partial charge in [-0.25, -0.2) is 4.79 Å². The molecule has 37 heavy (non-hydrogen) atoms. The topological polar surface area (TPSA) is 35.5 Å². The maximum Gasteiger partial charge on any atom is 0.343 e. The van der Waals surface area contributed by atoms with Gasteiger partial charge in [-0.1, -0.05) is 87.9 Å². The molecule has 3 aromatic rings. The highest BCUT2D eigenvalue weighted by molar-refractivity contribution is 5.91. The summed E-state index contributed by atoms with van der Waals surface area (Å²) < 4.78 is 11.3. The highest BCUT2D eigenvalue weighted by Crippen LogP contribution is 2.23. The van der Waals surface area contributed by atoms with E-state index >= 15 is 0 Å². The van der Waals surface area contributed by atoms with E-state index in [-0.39, 0.29) is 5.97 Å². The van der Waals surface area contributed by atoms with Crippen LogP contribution in [0.4, 0.5) is 0 Å². The molecule has 196 valence electrons. The molecule has 0 N–H and O–H groups in total. The molecule has 0 saturated heterocycles. The molecule has 3 rings (SSSR count). The summed E-state index contributed by atoms with van der Waals surface area (Å²) in [6.07, 6.45) is 15.3. The van der Waals surface area contributed by atoms with Gasteiger partial charge in [-0.3, -0.25) is 0 Å². The van der Waals surface area contributed by atoms with Crippen LogP contribution in [0.3, 0.4) is 0 Å². The van der Waals surface area contributed by atoms with E-state index in [1.54, 1.807) is 12.1 Å². The SMILES string of the molecule is C=CCCCCCCOc1ccc(OC(=O)c2ccc(-c3ccc(CCCCCCC)cc3)cc2)cc1. The quantitative estimate of drug-likeness (QED) is 0.0804. The van der Waals surface area contributed by atoms with Crippen molar-refractivity contribution in [3.05, 3.63) is 96.6 Å². The molecule has 0 heterocycles. The fourth-order valence-electron chi connectivity index (χ4n) is 4.30. The van der Waals surface area contributed by atoms with E-state index in [0.29, 0.717) is 17.9 Å². The zero-order valence-corrected chi connectivity index (χ0v) is 22.4. The Morgan fingerprint density at radius 2 is 1.30 bits per heavy atom.